The van der Waals surface area contributed by atoms with Crippen LogP contribution in [0.5, 0.6) is 0 Å². The lowest BCUT2D eigenvalue weighted by atomic mass is 10.0. The fourth-order valence-corrected chi connectivity index (χ4v) is 3.85. The molecular weight excluding hydrogens is 316 g/mol. The maximum atomic E-state index is 4.54. The van der Waals surface area contributed by atoms with E-state index in [2.05, 4.69) is 70.5 Å². The molecule has 2 aromatic heterocycles. The first kappa shape index (κ1) is 14.9. The summed E-state index contributed by atoms with van der Waals surface area (Å²) in [6.45, 7) is 2.14. The van der Waals surface area contributed by atoms with Crippen molar-refractivity contribution in [1.29, 1.82) is 0 Å². The third-order valence-electron chi connectivity index (χ3n) is 3.89. The molecule has 0 aliphatic rings. The SMILES string of the molecule is Cc1ccccc1[C@H](Sc1nc2ncccn2n1)c1ccccc1. The third kappa shape index (κ3) is 2.90. The van der Waals surface area contributed by atoms with Gasteiger partial charge in [0.25, 0.3) is 5.78 Å². The van der Waals surface area contributed by atoms with Crippen LogP contribution in [-0.4, -0.2) is 19.6 Å². The second kappa shape index (κ2) is 6.45. The van der Waals surface area contributed by atoms with Gasteiger partial charge in [0.2, 0.25) is 5.16 Å². The molecule has 0 N–H and O–H groups in total. The normalized spacial score (nSPS) is 12.4. The van der Waals surface area contributed by atoms with Gasteiger partial charge in [0.15, 0.2) is 0 Å². The Morgan fingerprint density at radius 1 is 0.958 bits per heavy atom. The van der Waals surface area contributed by atoms with Gasteiger partial charge in [-0.1, -0.05) is 66.4 Å². The van der Waals surface area contributed by atoms with Gasteiger partial charge >= 0.3 is 0 Å². The molecule has 4 nitrogen and oxygen atoms in total. The Morgan fingerprint density at radius 3 is 2.54 bits per heavy atom. The van der Waals surface area contributed by atoms with Crippen LogP contribution in [-0.2, 0) is 0 Å². The molecule has 0 bridgehead atoms. The largest absolute Gasteiger partial charge is 0.253 e. The Bertz CT molecular complexity index is 932. The van der Waals surface area contributed by atoms with E-state index in [4.69, 9.17) is 0 Å². The van der Waals surface area contributed by atoms with Gasteiger partial charge in [-0.2, -0.15) is 4.98 Å². The van der Waals surface area contributed by atoms with Gasteiger partial charge in [-0.3, -0.25) is 0 Å². The van der Waals surface area contributed by atoms with Crippen molar-refractivity contribution in [2.75, 3.05) is 0 Å². The molecule has 0 aliphatic heterocycles. The van der Waals surface area contributed by atoms with E-state index in [1.807, 2.05) is 18.3 Å². The highest BCUT2D eigenvalue weighted by molar-refractivity contribution is 7.99. The summed E-state index contributed by atoms with van der Waals surface area (Å²) in [4.78, 5) is 8.79. The summed E-state index contributed by atoms with van der Waals surface area (Å²) >= 11 is 1.65. The summed E-state index contributed by atoms with van der Waals surface area (Å²) in [6.07, 6.45) is 3.60. The highest BCUT2D eigenvalue weighted by Gasteiger charge is 2.20. The van der Waals surface area contributed by atoms with Crippen LogP contribution in [0, 0.1) is 6.92 Å². The highest BCUT2D eigenvalue weighted by Crippen LogP contribution is 2.40. The molecule has 1 atom stereocenters. The quantitative estimate of drug-likeness (QED) is 0.522. The van der Waals surface area contributed by atoms with Gasteiger partial charge in [0, 0.05) is 12.4 Å². The number of hydrogen-bond acceptors (Lipinski definition) is 4. The van der Waals surface area contributed by atoms with Crippen LogP contribution in [0.3, 0.4) is 0 Å². The van der Waals surface area contributed by atoms with Gasteiger partial charge in [-0.15, -0.1) is 5.10 Å². The van der Waals surface area contributed by atoms with E-state index in [9.17, 15) is 0 Å². The Morgan fingerprint density at radius 2 is 1.75 bits per heavy atom. The molecule has 2 heterocycles. The Labute approximate surface area is 144 Å². The van der Waals surface area contributed by atoms with Crippen molar-refractivity contribution in [1.82, 2.24) is 19.6 Å². The summed E-state index contributed by atoms with van der Waals surface area (Å²) in [5.41, 5.74) is 3.78. The Kier molecular flexibility index (Phi) is 4.01. The lowest BCUT2D eigenvalue weighted by Gasteiger charge is -2.18. The molecule has 0 radical (unpaired) electrons. The van der Waals surface area contributed by atoms with Crippen molar-refractivity contribution in [3.8, 4) is 0 Å². The van der Waals surface area contributed by atoms with Gasteiger partial charge in [0.1, 0.15) is 0 Å². The maximum absolute atomic E-state index is 4.54. The van der Waals surface area contributed by atoms with Crippen molar-refractivity contribution in [3.63, 3.8) is 0 Å². The lowest BCUT2D eigenvalue weighted by Crippen LogP contribution is -2.00. The van der Waals surface area contributed by atoms with Crippen LogP contribution in [0.15, 0.2) is 78.2 Å². The average Bonchev–Trinajstić information content (AvgIpc) is 3.04. The fourth-order valence-electron chi connectivity index (χ4n) is 2.69. The van der Waals surface area contributed by atoms with E-state index < -0.39 is 0 Å². The second-order valence-corrected chi connectivity index (χ2v) is 6.60. The first-order chi connectivity index (χ1) is 11.8. The number of nitrogens with zero attached hydrogens (tertiary/aromatic N) is 4. The summed E-state index contributed by atoms with van der Waals surface area (Å²) in [5.74, 6) is 0.622. The number of thioether (sulfide) groups is 1. The molecule has 4 rings (SSSR count). The average molecular weight is 332 g/mol. The molecule has 0 amide bonds. The zero-order valence-corrected chi connectivity index (χ0v) is 14.0. The molecule has 0 saturated carbocycles. The van der Waals surface area contributed by atoms with Gasteiger partial charge in [-0.05, 0) is 29.7 Å². The van der Waals surface area contributed by atoms with E-state index in [0.717, 1.165) is 5.16 Å². The minimum atomic E-state index is 0.143. The molecule has 0 spiro atoms. The second-order valence-electron chi connectivity index (χ2n) is 5.52. The number of fused-ring (bicyclic) bond motifs is 1. The van der Waals surface area contributed by atoms with Crippen LogP contribution in [0.4, 0.5) is 0 Å². The zero-order valence-electron chi connectivity index (χ0n) is 13.2. The smallest absolute Gasteiger partial charge is 0.220 e. The van der Waals surface area contributed by atoms with Crippen LogP contribution in [0.2, 0.25) is 0 Å². The number of hydrogen-bond donors (Lipinski definition) is 0. The van der Waals surface area contributed by atoms with Crippen molar-refractivity contribution in [3.05, 3.63) is 89.7 Å². The molecule has 0 unspecified atom stereocenters. The molecule has 4 aromatic rings. The first-order valence-electron chi connectivity index (χ1n) is 7.76. The van der Waals surface area contributed by atoms with E-state index in [1.165, 1.54) is 16.7 Å². The summed E-state index contributed by atoms with van der Waals surface area (Å²) in [7, 11) is 0. The summed E-state index contributed by atoms with van der Waals surface area (Å²) < 4.78 is 1.71. The van der Waals surface area contributed by atoms with Gasteiger partial charge < -0.3 is 0 Å². The molecule has 0 saturated heterocycles. The van der Waals surface area contributed by atoms with Crippen LogP contribution in [0.25, 0.3) is 5.78 Å². The standard InChI is InChI=1S/C19H16N4S/c1-14-8-5-6-11-16(14)17(15-9-3-2-4-10-15)24-19-21-18-20-12-7-13-23(18)22-19/h2-13,17H,1H3/t17-/m1/s1. The molecule has 2 aromatic carbocycles. The lowest BCUT2D eigenvalue weighted by molar-refractivity contribution is 0.876. The number of benzene rings is 2. The van der Waals surface area contributed by atoms with Gasteiger partial charge in [-0.25, -0.2) is 9.50 Å². The molecule has 118 valence electrons. The molecule has 0 fully saturated rings. The number of aromatic nitrogens is 4. The van der Waals surface area contributed by atoms with E-state index >= 15 is 0 Å². The molecule has 24 heavy (non-hydrogen) atoms. The van der Waals surface area contributed by atoms with Crippen LogP contribution in [0.1, 0.15) is 21.9 Å². The molecule has 5 heteroatoms. The molecule has 0 aliphatic carbocycles. The van der Waals surface area contributed by atoms with Crippen molar-refractivity contribution in [2.24, 2.45) is 0 Å². The van der Waals surface area contributed by atoms with Crippen molar-refractivity contribution >= 4 is 17.5 Å². The third-order valence-corrected chi connectivity index (χ3v) is 5.04. The monoisotopic (exact) mass is 332 g/mol. The fraction of sp³-hybridized carbons (Fsp3) is 0.105. The zero-order chi connectivity index (χ0) is 16.4. The highest BCUT2D eigenvalue weighted by atomic mass is 32.2. The van der Waals surface area contributed by atoms with Gasteiger partial charge in [0.05, 0.1) is 5.25 Å². The Hall–Kier alpha value is -2.66. The topological polar surface area (TPSA) is 43.1 Å². The minimum Gasteiger partial charge on any atom is -0.220 e. The maximum Gasteiger partial charge on any atom is 0.253 e. The summed E-state index contributed by atoms with van der Waals surface area (Å²) in [5, 5.41) is 5.41. The predicted octanol–water partition coefficient (Wildman–Crippen LogP) is 4.31. The Balaban J connectivity index is 1.77. The number of aryl methyl sites for hydroxylation is 1. The van der Waals surface area contributed by atoms with Crippen molar-refractivity contribution < 1.29 is 0 Å². The predicted molar refractivity (Wildman–Crippen MR) is 96.1 cm³/mol. The van der Waals surface area contributed by atoms with Crippen LogP contribution < -0.4 is 0 Å². The summed E-state index contributed by atoms with van der Waals surface area (Å²) in [6, 6.07) is 20.8. The minimum absolute atomic E-state index is 0.143. The van der Waals surface area contributed by atoms with E-state index in [0.29, 0.717) is 5.78 Å². The van der Waals surface area contributed by atoms with E-state index in [1.54, 1.807) is 22.5 Å². The van der Waals surface area contributed by atoms with Crippen molar-refractivity contribution in [2.45, 2.75) is 17.3 Å². The van der Waals surface area contributed by atoms with E-state index in [-0.39, 0.29) is 5.25 Å². The van der Waals surface area contributed by atoms with Crippen LogP contribution >= 0.6 is 11.8 Å². The number of rotatable bonds is 4. The first-order valence-corrected chi connectivity index (χ1v) is 8.64. The molecular formula is C19H16N4S.